The van der Waals surface area contributed by atoms with Crippen LogP contribution in [-0.4, -0.2) is 20.5 Å². The first-order chi connectivity index (χ1) is 3.72. The monoisotopic (exact) mass is 178 g/mol. The third-order valence-electron chi connectivity index (χ3n) is 1.01. The molecule has 1 heterocycles. The molecule has 0 aromatic rings. The SMILES string of the molecule is O=C1CCC(O)=[N+]1Br. The number of carbonyl (C=O) groups is 1. The van der Waals surface area contributed by atoms with Crippen molar-refractivity contribution in [3.63, 3.8) is 0 Å². The number of hydrogen-bond donors (Lipinski definition) is 1. The first kappa shape index (κ1) is 5.75. The van der Waals surface area contributed by atoms with E-state index in [1.165, 1.54) is 0 Å². The lowest BCUT2D eigenvalue weighted by atomic mass is 10.4. The molecule has 0 aromatic carbocycles. The van der Waals surface area contributed by atoms with Crippen LogP contribution in [0.2, 0.25) is 0 Å². The van der Waals surface area contributed by atoms with Crippen LogP contribution in [0.15, 0.2) is 0 Å². The maximum Gasteiger partial charge on any atom is 0.401 e. The molecule has 0 radical (unpaired) electrons. The van der Waals surface area contributed by atoms with E-state index < -0.39 is 0 Å². The predicted octanol–water partition coefficient (Wildman–Crippen LogP) is 0.586. The van der Waals surface area contributed by atoms with Crippen LogP contribution in [0.5, 0.6) is 0 Å². The van der Waals surface area contributed by atoms with Crippen molar-refractivity contribution >= 4 is 28.0 Å². The molecular weight excluding hydrogens is 174 g/mol. The van der Waals surface area contributed by atoms with Crippen molar-refractivity contribution in [2.45, 2.75) is 12.8 Å². The van der Waals surface area contributed by atoms with Crippen molar-refractivity contribution in [2.24, 2.45) is 0 Å². The highest BCUT2D eigenvalue weighted by Crippen LogP contribution is 2.07. The Hall–Kier alpha value is -0.380. The molecule has 0 aliphatic carbocycles. The van der Waals surface area contributed by atoms with Gasteiger partial charge in [-0.3, -0.25) is 0 Å². The summed E-state index contributed by atoms with van der Waals surface area (Å²) in [4.78, 5) is 10.5. The molecule has 1 aliphatic rings. The van der Waals surface area contributed by atoms with Crippen LogP contribution >= 0.6 is 16.1 Å². The number of halogens is 1. The third-order valence-corrected chi connectivity index (χ3v) is 1.81. The number of aliphatic hydroxyl groups is 1. The van der Waals surface area contributed by atoms with Crippen LogP contribution in [0.3, 0.4) is 0 Å². The Morgan fingerprint density at radius 1 is 1.62 bits per heavy atom. The Morgan fingerprint density at radius 2 is 2.25 bits per heavy atom. The van der Waals surface area contributed by atoms with Gasteiger partial charge in [0.15, 0.2) is 0 Å². The van der Waals surface area contributed by atoms with Crippen LogP contribution in [-0.2, 0) is 4.79 Å². The molecule has 1 amide bonds. The van der Waals surface area contributed by atoms with E-state index in [0.29, 0.717) is 12.8 Å². The fraction of sp³-hybridized carbons (Fsp3) is 0.500. The summed E-state index contributed by atoms with van der Waals surface area (Å²) in [6.07, 6.45) is 0.876. The number of hydrogen-bond acceptors (Lipinski definition) is 1. The molecule has 1 rings (SSSR count). The van der Waals surface area contributed by atoms with E-state index >= 15 is 0 Å². The minimum absolute atomic E-state index is 0.0810. The lowest BCUT2D eigenvalue weighted by Crippen LogP contribution is -2.06. The number of rotatable bonds is 0. The standard InChI is InChI=1S/C4H4BrNO2/c5-6-3(7)1-2-4(6)8/h1-2H2/p+1. The van der Waals surface area contributed by atoms with Crippen molar-refractivity contribution < 1.29 is 13.5 Å². The van der Waals surface area contributed by atoms with Crippen LogP contribution in [0.1, 0.15) is 12.8 Å². The van der Waals surface area contributed by atoms with Gasteiger partial charge in [-0.05, 0) is 0 Å². The largest absolute Gasteiger partial charge is 0.462 e. The van der Waals surface area contributed by atoms with Gasteiger partial charge in [-0.25, -0.2) is 4.79 Å². The van der Waals surface area contributed by atoms with Crippen molar-refractivity contribution in [1.29, 1.82) is 0 Å². The first-order valence-electron chi connectivity index (χ1n) is 2.25. The smallest absolute Gasteiger partial charge is 0.401 e. The molecule has 0 atom stereocenters. The molecular formula is C4H5BrNO2+. The summed E-state index contributed by atoms with van der Waals surface area (Å²) in [6, 6.07) is 0. The van der Waals surface area contributed by atoms with Crippen molar-refractivity contribution in [3.8, 4) is 0 Å². The van der Waals surface area contributed by atoms with E-state index in [4.69, 9.17) is 5.11 Å². The molecule has 0 unspecified atom stereocenters. The van der Waals surface area contributed by atoms with Gasteiger partial charge in [0.25, 0.3) is 0 Å². The fourth-order valence-corrected chi connectivity index (χ4v) is 0.914. The quantitative estimate of drug-likeness (QED) is 0.552. The molecule has 1 aliphatic heterocycles. The zero-order chi connectivity index (χ0) is 6.15. The Morgan fingerprint density at radius 3 is 2.38 bits per heavy atom. The Bertz CT molecular complexity index is 163. The van der Waals surface area contributed by atoms with E-state index in [9.17, 15) is 4.79 Å². The lowest BCUT2D eigenvalue weighted by molar-refractivity contribution is -0.280. The highest BCUT2D eigenvalue weighted by atomic mass is 79.9. The summed E-state index contributed by atoms with van der Waals surface area (Å²) in [5, 5.41) is 8.74. The van der Waals surface area contributed by atoms with Crippen LogP contribution in [0.25, 0.3) is 0 Å². The summed E-state index contributed by atoms with van der Waals surface area (Å²) < 4.78 is 1.09. The predicted molar refractivity (Wildman–Crippen MR) is 31.1 cm³/mol. The first-order valence-corrected chi connectivity index (χ1v) is 2.96. The number of nitrogens with zero attached hydrogens (tertiary/aromatic N) is 1. The molecule has 0 saturated carbocycles. The van der Waals surface area contributed by atoms with Crippen LogP contribution < -0.4 is 0 Å². The molecule has 0 spiro atoms. The average Bonchev–Trinajstić information content (AvgIpc) is 1.98. The van der Waals surface area contributed by atoms with Gasteiger partial charge in [-0.1, -0.05) is 3.60 Å². The van der Waals surface area contributed by atoms with Gasteiger partial charge in [0.2, 0.25) is 0 Å². The average molecular weight is 179 g/mol. The van der Waals surface area contributed by atoms with Gasteiger partial charge in [-0.15, -0.1) is 0 Å². The maximum absolute atomic E-state index is 10.5. The van der Waals surface area contributed by atoms with E-state index in [2.05, 4.69) is 16.1 Å². The molecule has 0 saturated heterocycles. The van der Waals surface area contributed by atoms with E-state index in [1.54, 1.807) is 0 Å². The molecule has 44 valence electrons. The number of amides is 1. The van der Waals surface area contributed by atoms with Crippen molar-refractivity contribution in [1.82, 2.24) is 0 Å². The van der Waals surface area contributed by atoms with Gasteiger partial charge >= 0.3 is 28.0 Å². The second-order valence-electron chi connectivity index (χ2n) is 1.59. The summed E-state index contributed by atoms with van der Waals surface area (Å²) in [5.41, 5.74) is 0. The van der Waals surface area contributed by atoms with E-state index in [-0.39, 0.29) is 11.8 Å². The topological polar surface area (TPSA) is 40.3 Å². The summed E-state index contributed by atoms with van der Waals surface area (Å²) in [7, 11) is 0. The lowest BCUT2D eigenvalue weighted by Gasteiger charge is -1.74. The molecule has 0 bridgehead atoms. The van der Waals surface area contributed by atoms with Crippen molar-refractivity contribution in [3.05, 3.63) is 0 Å². The highest BCUT2D eigenvalue weighted by Gasteiger charge is 2.29. The summed E-state index contributed by atoms with van der Waals surface area (Å²) in [6.45, 7) is 0. The third kappa shape index (κ3) is 0.753. The van der Waals surface area contributed by atoms with Crippen LogP contribution in [0, 0.1) is 0 Å². The number of aliphatic hydroxyl groups excluding tert-OH is 1. The van der Waals surface area contributed by atoms with E-state index in [0.717, 1.165) is 3.60 Å². The second kappa shape index (κ2) is 1.85. The number of carbonyl (C=O) groups excluding carboxylic acids is 1. The highest BCUT2D eigenvalue weighted by molar-refractivity contribution is 9.05. The molecule has 4 heteroatoms. The summed E-state index contributed by atoms with van der Waals surface area (Å²) >= 11 is 2.87. The fourth-order valence-electron chi connectivity index (χ4n) is 0.559. The minimum atomic E-state index is -0.0810. The zero-order valence-corrected chi connectivity index (χ0v) is 5.68. The molecule has 0 aromatic heterocycles. The van der Waals surface area contributed by atoms with Crippen LogP contribution in [0.4, 0.5) is 0 Å². The van der Waals surface area contributed by atoms with E-state index in [1.807, 2.05) is 0 Å². The Labute approximate surface area is 55.0 Å². The molecule has 3 nitrogen and oxygen atoms in total. The van der Waals surface area contributed by atoms with Gasteiger partial charge in [0, 0.05) is 0 Å². The maximum atomic E-state index is 10.5. The minimum Gasteiger partial charge on any atom is -0.462 e. The van der Waals surface area contributed by atoms with Gasteiger partial charge in [0.05, 0.1) is 12.8 Å². The summed E-state index contributed by atoms with van der Waals surface area (Å²) in [5.74, 6) is 0.0255. The zero-order valence-electron chi connectivity index (χ0n) is 4.09. The molecule has 8 heavy (non-hydrogen) atoms. The van der Waals surface area contributed by atoms with Crippen molar-refractivity contribution in [2.75, 3.05) is 0 Å². The van der Waals surface area contributed by atoms with Gasteiger partial charge < -0.3 is 5.11 Å². The second-order valence-corrected chi connectivity index (χ2v) is 2.30. The Kier molecular flexibility index (Phi) is 1.33. The van der Waals surface area contributed by atoms with Gasteiger partial charge in [0.1, 0.15) is 0 Å². The normalized spacial score (nSPS) is 20.4. The molecule has 1 N–H and O–H groups in total. The van der Waals surface area contributed by atoms with Gasteiger partial charge in [-0.2, -0.15) is 0 Å². The molecule has 0 fully saturated rings. The Balaban J connectivity index is 2.86.